The smallest absolute Gasteiger partial charge is 0.277 e. The summed E-state index contributed by atoms with van der Waals surface area (Å²) in [5.41, 5.74) is 1.51. The predicted molar refractivity (Wildman–Crippen MR) is 75.0 cm³/mol. The molecular formula is C12H10BrClFN3O. The highest BCUT2D eigenvalue weighted by molar-refractivity contribution is 9.10. The molecule has 0 aliphatic heterocycles. The van der Waals surface area contributed by atoms with Crippen molar-refractivity contribution in [1.82, 2.24) is 9.78 Å². The molecule has 0 atom stereocenters. The number of aryl methyl sites for hydroxylation is 1. The second-order valence-electron chi connectivity index (χ2n) is 3.95. The fourth-order valence-electron chi connectivity index (χ4n) is 1.49. The molecule has 1 heterocycles. The fraction of sp³-hybridized carbons (Fsp3) is 0.167. The van der Waals surface area contributed by atoms with Crippen LogP contribution in [0.3, 0.4) is 0 Å². The van der Waals surface area contributed by atoms with E-state index < -0.39 is 11.7 Å². The zero-order valence-electron chi connectivity index (χ0n) is 10.2. The van der Waals surface area contributed by atoms with Gasteiger partial charge in [-0.25, -0.2) is 4.39 Å². The molecule has 0 saturated heterocycles. The Morgan fingerprint density at radius 2 is 2.21 bits per heavy atom. The molecule has 19 heavy (non-hydrogen) atoms. The monoisotopic (exact) mass is 345 g/mol. The van der Waals surface area contributed by atoms with Gasteiger partial charge in [0.05, 0.1) is 15.2 Å². The third kappa shape index (κ3) is 2.79. The summed E-state index contributed by atoms with van der Waals surface area (Å²) in [5, 5.41) is 6.66. The normalized spacial score (nSPS) is 10.6. The average Bonchev–Trinajstić information content (AvgIpc) is 2.62. The lowest BCUT2D eigenvalue weighted by Crippen LogP contribution is -2.13. The van der Waals surface area contributed by atoms with Gasteiger partial charge in [-0.15, -0.1) is 0 Å². The topological polar surface area (TPSA) is 46.9 Å². The molecule has 0 saturated carbocycles. The Balaban J connectivity index is 2.25. The molecule has 100 valence electrons. The van der Waals surface area contributed by atoms with Crippen molar-refractivity contribution in [2.75, 3.05) is 5.32 Å². The quantitative estimate of drug-likeness (QED) is 0.904. The van der Waals surface area contributed by atoms with E-state index in [1.165, 1.54) is 18.2 Å². The number of halogens is 3. The van der Waals surface area contributed by atoms with Crippen molar-refractivity contribution >= 4 is 39.1 Å². The molecular weight excluding hydrogens is 337 g/mol. The van der Waals surface area contributed by atoms with Crippen LogP contribution >= 0.6 is 27.5 Å². The minimum absolute atomic E-state index is 0.0472. The number of hydrogen-bond acceptors (Lipinski definition) is 2. The highest BCUT2D eigenvalue weighted by Gasteiger charge is 2.18. The lowest BCUT2D eigenvalue weighted by atomic mass is 10.3. The van der Waals surface area contributed by atoms with Crippen LogP contribution in [-0.4, -0.2) is 15.7 Å². The first kappa shape index (κ1) is 14.0. The molecule has 1 N–H and O–H groups in total. The fourth-order valence-corrected chi connectivity index (χ4v) is 2.19. The Hall–Kier alpha value is -1.40. The van der Waals surface area contributed by atoms with Crippen LogP contribution in [-0.2, 0) is 7.05 Å². The van der Waals surface area contributed by atoms with Crippen LogP contribution in [0.2, 0.25) is 5.02 Å². The lowest BCUT2D eigenvalue weighted by Gasteiger charge is -2.04. The molecule has 0 aliphatic rings. The van der Waals surface area contributed by atoms with Crippen molar-refractivity contribution in [3.8, 4) is 0 Å². The number of hydrogen-bond donors (Lipinski definition) is 1. The van der Waals surface area contributed by atoms with Gasteiger partial charge in [-0.1, -0.05) is 11.6 Å². The molecule has 4 nitrogen and oxygen atoms in total. The van der Waals surface area contributed by atoms with Gasteiger partial charge in [0.15, 0.2) is 5.69 Å². The SMILES string of the molecule is Cc1c(Br)c(C(=O)Nc2ccc(F)c(Cl)c2)nn1C. The maximum Gasteiger partial charge on any atom is 0.277 e. The van der Waals surface area contributed by atoms with Gasteiger partial charge < -0.3 is 5.32 Å². The Morgan fingerprint density at radius 1 is 1.53 bits per heavy atom. The number of rotatable bonds is 2. The molecule has 0 aliphatic carbocycles. The van der Waals surface area contributed by atoms with E-state index >= 15 is 0 Å². The van der Waals surface area contributed by atoms with E-state index in [9.17, 15) is 9.18 Å². The van der Waals surface area contributed by atoms with Crippen molar-refractivity contribution in [2.24, 2.45) is 7.05 Å². The summed E-state index contributed by atoms with van der Waals surface area (Å²) in [6, 6.07) is 3.97. The zero-order chi connectivity index (χ0) is 14.2. The van der Waals surface area contributed by atoms with E-state index in [0.29, 0.717) is 10.2 Å². The Bertz CT molecular complexity index is 657. The van der Waals surface area contributed by atoms with Crippen molar-refractivity contribution < 1.29 is 9.18 Å². The highest BCUT2D eigenvalue weighted by Crippen LogP contribution is 2.23. The molecule has 2 aromatic rings. The number of carbonyl (C=O) groups is 1. The van der Waals surface area contributed by atoms with Crippen molar-refractivity contribution in [3.63, 3.8) is 0 Å². The molecule has 0 unspecified atom stereocenters. The van der Waals surface area contributed by atoms with E-state index in [2.05, 4.69) is 26.3 Å². The summed E-state index contributed by atoms with van der Waals surface area (Å²) in [6.07, 6.45) is 0. The Morgan fingerprint density at radius 3 is 2.74 bits per heavy atom. The number of amides is 1. The number of nitrogens with one attached hydrogen (secondary N) is 1. The number of anilines is 1. The number of benzene rings is 1. The van der Waals surface area contributed by atoms with Crippen LogP contribution in [0.15, 0.2) is 22.7 Å². The summed E-state index contributed by atoms with van der Waals surface area (Å²) in [6.45, 7) is 1.84. The first-order valence-electron chi connectivity index (χ1n) is 5.35. The molecule has 0 bridgehead atoms. The summed E-state index contributed by atoms with van der Waals surface area (Å²) in [5.74, 6) is -0.923. The standard InChI is InChI=1S/C12H10BrClFN3O/c1-6-10(13)11(17-18(6)2)12(19)16-7-3-4-9(15)8(14)5-7/h3-5H,1-2H3,(H,16,19). The summed E-state index contributed by atoms with van der Waals surface area (Å²) in [4.78, 5) is 12.0. The molecule has 1 aromatic heterocycles. The number of aromatic nitrogens is 2. The maximum absolute atomic E-state index is 13.0. The first-order valence-corrected chi connectivity index (χ1v) is 6.52. The molecule has 2 rings (SSSR count). The third-order valence-electron chi connectivity index (χ3n) is 2.65. The van der Waals surface area contributed by atoms with Gasteiger partial charge in [0.25, 0.3) is 5.91 Å². The van der Waals surface area contributed by atoms with Gasteiger partial charge >= 0.3 is 0 Å². The molecule has 1 aromatic carbocycles. The second-order valence-corrected chi connectivity index (χ2v) is 5.15. The first-order chi connectivity index (χ1) is 8.90. The van der Waals surface area contributed by atoms with Crippen LogP contribution in [0.4, 0.5) is 10.1 Å². The largest absolute Gasteiger partial charge is 0.321 e. The van der Waals surface area contributed by atoms with Crippen molar-refractivity contribution in [2.45, 2.75) is 6.92 Å². The van der Waals surface area contributed by atoms with Gasteiger partial charge in [0.1, 0.15) is 5.82 Å². The number of nitrogens with zero attached hydrogens (tertiary/aromatic N) is 2. The second kappa shape index (κ2) is 5.30. The third-order valence-corrected chi connectivity index (χ3v) is 3.89. The van der Waals surface area contributed by atoms with Crippen molar-refractivity contribution in [3.05, 3.63) is 44.9 Å². The highest BCUT2D eigenvalue weighted by atomic mass is 79.9. The van der Waals surface area contributed by atoms with Crippen LogP contribution < -0.4 is 5.32 Å². The zero-order valence-corrected chi connectivity index (χ0v) is 12.5. The number of carbonyl (C=O) groups excluding carboxylic acids is 1. The molecule has 0 radical (unpaired) electrons. The van der Waals surface area contributed by atoms with E-state index in [0.717, 1.165) is 5.69 Å². The average molecular weight is 347 g/mol. The predicted octanol–water partition coefficient (Wildman–Crippen LogP) is 3.54. The minimum atomic E-state index is -0.533. The van der Waals surface area contributed by atoms with E-state index in [4.69, 9.17) is 11.6 Å². The van der Waals surface area contributed by atoms with Crippen LogP contribution in [0.25, 0.3) is 0 Å². The van der Waals surface area contributed by atoms with Crippen LogP contribution in [0.5, 0.6) is 0 Å². The van der Waals surface area contributed by atoms with Crippen LogP contribution in [0.1, 0.15) is 16.2 Å². The van der Waals surface area contributed by atoms with Gasteiger partial charge in [0.2, 0.25) is 0 Å². The maximum atomic E-state index is 13.0. The van der Waals surface area contributed by atoms with E-state index in [1.807, 2.05) is 6.92 Å². The Kier molecular flexibility index (Phi) is 3.91. The summed E-state index contributed by atoms with van der Waals surface area (Å²) >= 11 is 8.96. The molecule has 1 amide bonds. The van der Waals surface area contributed by atoms with E-state index in [1.54, 1.807) is 11.7 Å². The van der Waals surface area contributed by atoms with Gasteiger partial charge in [-0.05, 0) is 41.1 Å². The lowest BCUT2D eigenvalue weighted by molar-refractivity contribution is 0.102. The molecule has 0 fully saturated rings. The van der Waals surface area contributed by atoms with Gasteiger partial charge in [-0.3, -0.25) is 9.48 Å². The summed E-state index contributed by atoms with van der Waals surface area (Å²) in [7, 11) is 1.74. The summed E-state index contributed by atoms with van der Waals surface area (Å²) < 4.78 is 15.2. The van der Waals surface area contributed by atoms with Gasteiger partial charge in [0, 0.05) is 12.7 Å². The minimum Gasteiger partial charge on any atom is -0.321 e. The van der Waals surface area contributed by atoms with Crippen LogP contribution in [0, 0.1) is 12.7 Å². The van der Waals surface area contributed by atoms with Gasteiger partial charge in [-0.2, -0.15) is 5.10 Å². The van der Waals surface area contributed by atoms with Crippen molar-refractivity contribution in [1.29, 1.82) is 0 Å². The molecule has 0 spiro atoms. The Labute approximate surface area is 122 Å². The van der Waals surface area contributed by atoms with E-state index in [-0.39, 0.29) is 10.7 Å². The molecule has 7 heteroatoms.